The molecule has 0 aromatic rings. The molecule has 0 radical (unpaired) electrons. The van der Waals surface area contributed by atoms with E-state index in [1.165, 1.54) is 11.5 Å². The summed E-state index contributed by atoms with van der Waals surface area (Å²) in [5.41, 5.74) is 0. The van der Waals surface area contributed by atoms with Gasteiger partial charge in [-0.2, -0.15) is 11.8 Å². The molecule has 12 heavy (non-hydrogen) atoms. The van der Waals surface area contributed by atoms with Gasteiger partial charge in [-0.3, -0.25) is 0 Å². The minimum absolute atomic E-state index is 1.01. The van der Waals surface area contributed by atoms with E-state index in [-0.39, 0.29) is 0 Å². The highest BCUT2D eigenvalue weighted by atomic mass is 32.2. The van der Waals surface area contributed by atoms with Crippen LogP contribution in [0.1, 0.15) is 6.42 Å². The molecule has 1 saturated heterocycles. The Morgan fingerprint density at radius 2 is 1.42 bits per heavy atom. The van der Waals surface area contributed by atoms with E-state index >= 15 is 0 Å². The first kappa shape index (κ1) is 6.53. The van der Waals surface area contributed by atoms with Crippen molar-refractivity contribution in [2.45, 2.75) is 6.42 Å². The molecule has 5 aliphatic rings. The van der Waals surface area contributed by atoms with Gasteiger partial charge in [0.1, 0.15) is 0 Å². The van der Waals surface area contributed by atoms with Crippen LogP contribution in [0.3, 0.4) is 0 Å². The van der Waals surface area contributed by atoms with E-state index in [0.29, 0.717) is 0 Å². The molecule has 6 atom stereocenters. The largest absolute Gasteiger partial charge is 0.161 e. The molecule has 0 N–H and O–H groups in total. The topological polar surface area (TPSA) is 0 Å². The summed E-state index contributed by atoms with van der Waals surface area (Å²) in [6, 6.07) is 0. The molecule has 5 rings (SSSR count). The van der Waals surface area contributed by atoms with Crippen LogP contribution in [0.5, 0.6) is 0 Å². The molecule has 1 heteroatoms. The van der Waals surface area contributed by atoms with Gasteiger partial charge in [-0.05, 0) is 53.4 Å². The van der Waals surface area contributed by atoms with Crippen molar-refractivity contribution in [2.75, 3.05) is 11.5 Å². The molecule has 0 aromatic heterocycles. The van der Waals surface area contributed by atoms with Crippen LogP contribution in [-0.4, -0.2) is 11.5 Å². The van der Waals surface area contributed by atoms with Crippen LogP contribution in [0.2, 0.25) is 0 Å². The minimum atomic E-state index is 1.01. The number of rotatable bonds is 0. The second-order valence-electron chi connectivity index (χ2n) is 4.97. The van der Waals surface area contributed by atoms with E-state index in [1.807, 2.05) is 0 Å². The van der Waals surface area contributed by atoms with Crippen LogP contribution in [0.4, 0.5) is 0 Å². The van der Waals surface area contributed by atoms with Crippen LogP contribution in [0, 0.1) is 35.5 Å². The van der Waals surface area contributed by atoms with E-state index < -0.39 is 0 Å². The van der Waals surface area contributed by atoms with Crippen LogP contribution in [-0.2, 0) is 0 Å². The van der Waals surface area contributed by atoms with Crippen molar-refractivity contribution in [1.82, 2.24) is 0 Å². The summed E-state index contributed by atoms with van der Waals surface area (Å²) in [7, 11) is 0. The first-order valence-corrected chi connectivity index (χ1v) is 6.37. The summed E-state index contributed by atoms with van der Waals surface area (Å²) in [6.45, 7) is 0. The fraction of sp³-hybridized carbons (Fsp3) is 0.818. The lowest BCUT2D eigenvalue weighted by Crippen LogP contribution is -2.37. The Bertz CT molecular complexity index is 234. The Morgan fingerprint density at radius 1 is 0.833 bits per heavy atom. The first-order chi connectivity index (χ1) is 5.95. The van der Waals surface area contributed by atoms with Crippen LogP contribution in [0.15, 0.2) is 12.2 Å². The third-order valence-corrected chi connectivity index (χ3v) is 5.84. The fourth-order valence-electron chi connectivity index (χ4n) is 3.96. The van der Waals surface area contributed by atoms with Crippen LogP contribution < -0.4 is 0 Å². The van der Waals surface area contributed by atoms with E-state index in [1.54, 1.807) is 6.42 Å². The maximum Gasteiger partial charge on any atom is -0.00301 e. The Morgan fingerprint density at radius 3 is 2.00 bits per heavy atom. The molecule has 0 spiro atoms. The van der Waals surface area contributed by atoms with Crippen molar-refractivity contribution in [3.8, 4) is 0 Å². The minimum Gasteiger partial charge on any atom is -0.161 e. The predicted octanol–water partition coefficient (Wildman–Crippen LogP) is 2.42. The average molecular weight is 178 g/mol. The van der Waals surface area contributed by atoms with E-state index in [4.69, 9.17) is 0 Å². The normalized spacial score (nSPS) is 64.7. The van der Waals surface area contributed by atoms with Crippen molar-refractivity contribution >= 4 is 11.8 Å². The highest BCUT2D eigenvalue weighted by Gasteiger charge is 2.59. The van der Waals surface area contributed by atoms with Gasteiger partial charge in [0.15, 0.2) is 0 Å². The zero-order valence-corrected chi connectivity index (χ0v) is 7.96. The third-order valence-electron chi connectivity index (χ3n) is 4.59. The van der Waals surface area contributed by atoms with Crippen LogP contribution in [0.25, 0.3) is 0 Å². The lowest BCUT2D eigenvalue weighted by molar-refractivity contribution is 0.156. The molecule has 2 bridgehead atoms. The van der Waals surface area contributed by atoms with Gasteiger partial charge in [-0.1, -0.05) is 12.2 Å². The van der Waals surface area contributed by atoms with Crippen molar-refractivity contribution in [1.29, 1.82) is 0 Å². The summed E-state index contributed by atoms with van der Waals surface area (Å²) in [5.74, 6) is 9.43. The fourth-order valence-corrected chi connectivity index (χ4v) is 5.58. The summed E-state index contributed by atoms with van der Waals surface area (Å²) in [4.78, 5) is 0. The van der Waals surface area contributed by atoms with E-state index in [2.05, 4.69) is 23.9 Å². The molecule has 1 aliphatic heterocycles. The Hall–Kier alpha value is 0.0900. The smallest absolute Gasteiger partial charge is 0.00301 e. The molecular formula is C11H14S. The molecule has 4 aliphatic carbocycles. The average Bonchev–Trinajstić information content (AvgIpc) is 2.77. The molecular weight excluding hydrogens is 164 g/mol. The number of thioether (sulfide) groups is 1. The number of hydrogen-bond donors (Lipinski definition) is 0. The highest BCUT2D eigenvalue weighted by molar-refractivity contribution is 7.99. The molecule has 64 valence electrons. The van der Waals surface area contributed by atoms with Gasteiger partial charge < -0.3 is 0 Å². The van der Waals surface area contributed by atoms with Gasteiger partial charge in [0.25, 0.3) is 0 Å². The first-order valence-electron chi connectivity index (χ1n) is 5.21. The second kappa shape index (κ2) is 1.95. The monoisotopic (exact) mass is 178 g/mol. The van der Waals surface area contributed by atoms with Crippen molar-refractivity contribution < 1.29 is 0 Å². The van der Waals surface area contributed by atoms with E-state index in [0.717, 1.165) is 35.5 Å². The van der Waals surface area contributed by atoms with Crippen LogP contribution >= 0.6 is 11.8 Å². The van der Waals surface area contributed by atoms with Gasteiger partial charge in [-0.25, -0.2) is 0 Å². The zero-order valence-electron chi connectivity index (χ0n) is 7.15. The summed E-state index contributed by atoms with van der Waals surface area (Å²) in [5, 5.41) is 0. The molecule has 2 saturated carbocycles. The van der Waals surface area contributed by atoms with Crippen molar-refractivity contribution in [2.24, 2.45) is 35.5 Å². The van der Waals surface area contributed by atoms with Gasteiger partial charge in [-0.15, -0.1) is 0 Å². The van der Waals surface area contributed by atoms with E-state index in [9.17, 15) is 0 Å². The summed E-state index contributed by atoms with van der Waals surface area (Å²) < 4.78 is 0. The van der Waals surface area contributed by atoms with Gasteiger partial charge in [0, 0.05) is 0 Å². The molecule has 0 aromatic carbocycles. The molecule has 0 amide bonds. The molecule has 6 unspecified atom stereocenters. The van der Waals surface area contributed by atoms with Crippen molar-refractivity contribution in [3.63, 3.8) is 0 Å². The number of allylic oxidation sites excluding steroid dienone is 2. The molecule has 0 nitrogen and oxygen atoms in total. The maximum atomic E-state index is 2.56. The zero-order chi connectivity index (χ0) is 7.71. The van der Waals surface area contributed by atoms with Crippen molar-refractivity contribution in [3.05, 3.63) is 12.2 Å². The quantitative estimate of drug-likeness (QED) is 0.513. The molecule has 3 fully saturated rings. The Balaban J connectivity index is 1.83. The molecule has 1 heterocycles. The Labute approximate surface area is 77.8 Å². The third kappa shape index (κ3) is 0.606. The standard InChI is InChI=1S/C11H14S/c1-2-7-9-3-8(9)6(1)10-4-12-5-11(7)10/h1-2,6-11H,3-5H2. The predicted molar refractivity (Wildman–Crippen MR) is 52.0 cm³/mol. The lowest BCUT2D eigenvalue weighted by atomic mass is 9.64. The van der Waals surface area contributed by atoms with Gasteiger partial charge in [0.05, 0.1) is 0 Å². The number of hydrogen-bond acceptors (Lipinski definition) is 1. The SMILES string of the molecule is C1=CC2C3CSCC3C1C1CC21. The Kier molecular flexibility index (Phi) is 1.06. The van der Waals surface area contributed by atoms with Gasteiger partial charge in [0.2, 0.25) is 0 Å². The second-order valence-corrected chi connectivity index (χ2v) is 6.04. The highest BCUT2D eigenvalue weighted by Crippen LogP contribution is 2.65. The van der Waals surface area contributed by atoms with Gasteiger partial charge >= 0.3 is 0 Å². The lowest BCUT2D eigenvalue weighted by Gasteiger charge is -2.40. The summed E-state index contributed by atoms with van der Waals surface area (Å²) >= 11 is 2.21. The summed E-state index contributed by atoms with van der Waals surface area (Å²) in [6.07, 6.45) is 6.69. The maximum absolute atomic E-state index is 2.56.